The average molecular weight is 369 g/mol. The van der Waals surface area contributed by atoms with Crippen LogP contribution in [0.5, 0.6) is 0 Å². The summed E-state index contributed by atoms with van der Waals surface area (Å²) < 4.78 is 28.1. The second-order valence-corrected chi connectivity index (χ2v) is 6.69. The zero-order valence-corrected chi connectivity index (χ0v) is 14.6. The first-order chi connectivity index (χ1) is 13.1. The van der Waals surface area contributed by atoms with Crippen molar-refractivity contribution in [2.24, 2.45) is 5.92 Å². The molecule has 3 aromatic heterocycles. The number of alkyl halides is 2. The third-order valence-corrected chi connectivity index (χ3v) is 5.03. The maximum atomic E-state index is 13.3. The van der Waals surface area contributed by atoms with Crippen molar-refractivity contribution >= 4 is 11.6 Å². The molecule has 0 amide bonds. The minimum atomic E-state index is -2.67. The van der Waals surface area contributed by atoms with Gasteiger partial charge in [-0.15, -0.1) is 0 Å². The molecular formula is C18H17F2N7. The molecule has 1 saturated heterocycles. The normalized spacial score (nSPS) is 20.2. The molecule has 3 aromatic rings. The lowest BCUT2D eigenvalue weighted by Gasteiger charge is -2.38. The Morgan fingerprint density at radius 3 is 2.93 bits per heavy atom. The van der Waals surface area contributed by atoms with E-state index in [0.29, 0.717) is 23.8 Å². The summed E-state index contributed by atoms with van der Waals surface area (Å²) in [5, 5.41) is 13.3. The number of fused-ring (bicyclic) bond motifs is 1. The summed E-state index contributed by atoms with van der Waals surface area (Å²) in [5.41, 5.74) is 0.728. The van der Waals surface area contributed by atoms with Crippen molar-refractivity contribution < 1.29 is 8.78 Å². The second kappa shape index (κ2) is 6.87. The van der Waals surface area contributed by atoms with Crippen LogP contribution in [0.1, 0.15) is 42.8 Å². The Bertz CT molecular complexity index is 1010. The monoisotopic (exact) mass is 369 g/mol. The largest absolute Gasteiger partial charge is 0.356 e. The molecule has 138 valence electrons. The minimum absolute atomic E-state index is 0.0454. The molecule has 0 bridgehead atoms. The quantitative estimate of drug-likeness (QED) is 0.706. The van der Waals surface area contributed by atoms with E-state index in [1.54, 1.807) is 12.1 Å². The van der Waals surface area contributed by atoms with E-state index in [1.165, 1.54) is 16.9 Å². The molecule has 9 heteroatoms. The summed E-state index contributed by atoms with van der Waals surface area (Å²) in [6.07, 6.45) is -0.481. The predicted molar refractivity (Wildman–Crippen MR) is 93.4 cm³/mol. The number of anilines is 1. The molecule has 0 radical (unpaired) electrons. The lowest BCUT2D eigenvalue weighted by atomic mass is 9.84. The molecule has 0 aromatic carbocycles. The lowest BCUT2D eigenvalue weighted by Crippen LogP contribution is -2.39. The number of aromatic nitrogens is 5. The third-order valence-electron chi connectivity index (χ3n) is 5.03. The number of nitrogens with zero attached hydrogens (tertiary/aromatic N) is 7. The van der Waals surface area contributed by atoms with Crippen LogP contribution in [-0.4, -0.2) is 37.7 Å². The molecule has 1 fully saturated rings. The number of rotatable bonds is 3. The fourth-order valence-corrected chi connectivity index (χ4v) is 3.55. The van der Waals surface area contributed by atoms with Crippen LogP contribution in [0.2, 0.25) is 0 Å². The van der Waals surface area contributed by atoms with Crippen LogP contribution >= 0.6 is 0 Å². The molecule has 0 saturated carbocycles. The van der Waals surface area contributed by atoms with Gasteiger partial charge in [0.2, 0.25) is 0 Å². The number of piperidine rings is 1. The van der Waals surface area contributed by atoms with Gasteiger partial charge in [0.05, 0.1) is 5.69 Å². The van der Waals surface area contributed by atoms with Gasteiger partial charge in [0.1, 0.15) is 29.6 Å². The topological polar surface area (TPSA) is 83.0 Å². The van der Waals surface area contributed by atoms with Crippen LogP contribution in [0.25, 0.3) is 5.78 Å². The fourth-order valence-electron chi connectivity index (χ4n) is 3.55. The van der Waals surface area contributed by atoms with Gasteiger partial charge >= 0.3 is 0 Å². The highest BCUT2D eigenvalue weighted by molar-refractivity contribution is 5.43. The number of pyridine rings is 1. The van der Waals surface area contributed by atoms with Gasteiger partial charge in [0.15, 0.2) is 0 Å². The second-order valence-electron chi connectivity index (χ2n) is 6.69. The highest BCUT2D eigenvalue weighted by atomic mass is 19.3. The van der Waals surface area contributed by atoms with Gasteiger partial charge < -0.3 is 4.90 Å². The van der Waals surface area contributed by atoms with Gasteiger partial charge in [-0.1, -0.05) is 13.0 Å². The molecule has 0 spiro atoms. The zero-order chi connectivity index (χ0) is 19.0. The van der Waals surface area contributed by atoms with Crippen LogP contribution in [0.4, 0.5) is 14.6 Å². The van der Waals surface area contributed by atoms with Crippen LogP contribution < -0.4 is 4.90 Å². The van der Waals surface area contributed by atoms with Gasteiger partial charge in [-0.2, -0.15) is 15.3 Å². The van der Waals surface area contributed by atoms with Crippen LogP contribution in [0.15, 0.2) is 30.6 Å². The van der Waals surface area contributed by atoms with Gasteiger partial charge in [-0.25, -0.2) is 23.3 Å². The van der Waals surface area contributed by atoms with Crippen molar-refractivity contribution in [2.45, 2.75) is 25.7 Å². The lowest BCUT2D eigenvalue weighted by molar-refractivity contribution is 0.146. The average Bonchev–Trinajstić information content (AvgIpc) is 3.16. The molecule has 4 heterocycles. The molecule has 7 nitrogen and oxygen atoms in total. The van der Waals surface area contributed by atoms with E-state index in [1.807, 2.05) is 12.1 Å². The van der Waals surface area contributed by atoms with Crippen molar-refractivity contribution in [3.05, 3.63) is 47.7 Å². The maximum absolute atomic E-state index is 13.3. The Balaban J connectivity index is 1.73. The summed E-state index contributed by atoms with van der Waals surface area (Å²) in [4.78, 5) is 14.3. The van der Waals surface area contributed by atoms with E-state index in [2.05, 4.69) is 31.9 Å². The Morgan fingerprint density at radius 2 is 2.15 bits per heavy atom. The molecule has 0 N–H and O–H groups in total. The summed E-state index contributed by atoms with van der Waals surface area (Å²) in [6, 6.07) is 8.78. The van der Waals surface area contributed by atoms with E-state index in [4.69, 9.17) is 5.26 Å². The maximum Gasteiger partial charge on any atom is 0.280 e. The van der Waals surface area contributed by atoms with Crippen molar-refractivity contribution in [3.63, 3.8) is 0 Å². The van der Waals surface area contributed by atoms with Crippen LogP contribution in [0.3, 0.4) is 0 Å². The Labute approximate surface area is 154 Å². The van der Waals surface area contributed by atoms with E-state index in [9.17, 15) is 8.78 Å². The molecule has 0 unspecified atom stereocenters. The molecule has 27 heavy (non-hydrogen) atoms. The highest BCUT2D eigenvalue weighted by Crippen LogP contribution is 2.35. The Kier molecular flexibility index (Phi) is 4.39. The fraction of sp³-hybridized carbons (Fsp3) is 0.389. The summed E-state index contributed by atoms with van der Waals surface area (Å²) >= 11 is 0. The van der Waals surface area contributed by atoms with E-state index >= 15 is 0 Å². The molecule has 1 aliphatic heterocycles. The van der Waals surface area contributed by atoms with E-state index < -0.39 is 6.43 Å². The molecular weight excluding hydrogens is 352 g/mol. The standard InChI is InChI=1S/C18H17F2N7/c1-11-5-6-26(16-4-2-3-12(8-21)24-16)9-13(11)15-7-14(17(19)20)25-18-22-10-23-27(15)18/h2-4,7,10-11,13,17H,5-6,9H2,1H3/t11-,13-/m1/s1. The third kappa shape index (κ3) is 3.18. The number of hydrogen-bond acceptors (Lipinski definition) is 6. The smallest absolute Gasteiger partial charge is 0.280 e. The van der Waals surface area contributed by atoms with Crippen molar-refractivity contribution in [3.8, 4) is 6.07 Å². The van der Waals surface area contributed by atoms with Crippen LogP contribution in [0, 0.1) is 17.2 Å². The highest BCUT2D eigenvalue weighted by Gasteiger charge is 2.31. The van der Waals surface area contributed by atoms with Crippen molar-refractivity contribution in [1.82, 2.24) is 24.6 Å². The van der Waals surface area contributed by atoms with Gasteiger partial charge in [0.25, 0.3) is 12.2 Å². The first-order valence-corrected chi connectivity index (χ1v) is 8.67. The summed E-state index contributed by atoms with van der Waals surface area (Å²) in [7, 11) is 0. The number of halogens is 2. The summed E-state index contributed by atoms with van der Waals surface area (Å²) in [6.45, 7) is 3.48. The first kappa shape index (κ1) is 17.3. The zero-order valence-electron chi connectivity index (χ0n) is 14.6. The molecule has 4 rings (SSSR count). The SMILES string of the molecule is C[C@@H]1CCN(c2cccc(C#N)n2)C[C@H]1c1cc(C(F)F)nc2ncnn12. The van der Waals surface area contributed by atoms with Gasteiger partial charge in [-0.3, -0.25) is 0 Å². The van der Waals surface area contributed by atoms with Gasteiger partial charge in [-0.05, 0) is 30.5 Å². The Hall–Kier alpha value is -3.15. The van der Waals surface area contributed by atoms with Crippen molar-refractivity contribution in [2.75, 3.05) is 18.0 Å². The summed E-state index contributed by atoms with van der Waals surface area (Å²) in [5.74, 6) is 1.11. The minimum Gasteiger partial charge on any atom is -0.356 e. The predicted octanol–water partition coefficient (Wildman–Crippen LogP) is 2.96. The van der Waals surface area contributed by atoms with Crippen molar-refractivity contribution in [1.29, 1.82) is 5.26 Å². The molecule has 0 aliphatic carbocycles. The number of nitriles is 1. The number of hydrogen-bond donors (Lipinski definition) is 0. The molecule has 2 atom stereocenters. The van der Waals surface area contributed by atoms with Gasteiger partial charge in [0, 0.05) is 19.0 Å². The Morgan fingerprint density at radius 1 is 1.30 bits per heavy atom. The van der Waals surface area contributed by atoms with E-state index in [0.717, 1.165) is 13.0 Å². The van der Waals surface area contributed by atoms with E-state index in [-0.39, 0.29) is 23.3 Å². The molecule has 1 aliphatic rings. The first-order valence-electron chi connectivity index (χ1n) is 8.67. The van der Waals surface area contributed by atoms with Crippen LogP contribution in [-0.2, 0) is 0 Å².